The number of rotatable bonds is 10. The molecule has 0 aliphatic heterocycles. The largest absolute Gasteiger partial charge is 0.505 e. The number of hydrogen-bond donors (Lipinski definition) is 2. The Kier molecular flexibility index (Phi) is 7.99. The normalized spacial score (nSPS) is 11.8. The lowest BCUT2D eigenvalue weighted by molar-refractivity contribution is 0.0498. The number of carbonyl (C=O) groups excluding carboxylic acids is 1. The molecule has 5 nitrogen and oxygen atoms in total. The molecule has 4 aromatic rings. The molecule has 2 N–H and O–H groups in total. The zero-order valence-corrected chi connectivity index (χ0v) is 20.3. The number of unbranched alkanes of at least 4 members (excludes halogenated alkanes) is 3. The fraction of sp³-hybridized carbons (Fsp3) is 0.267. The molecule has 1 atom stereocenters. The number of benzene rings is 3. The standard InChI is InChI=1S/C30H32N2O3/c1-3-4-5-9-20-35-30(34)24-14-17-25(18-15-24)32-27(22-10-7-6-8-11-22)26-19-16-23-13-12-21(2)31-28(23)29(26)33/h6-8,10-19,27,32-33H,3-5,9,20H2,1-2H3. The van der Waals surface area contributed by atoms with E-state index in [2.05, 4.69) is 17.2 Å². The van der Waals surface area contributed by atoms with Crippen LogP contribution in [0.4, 0.5) is 5.69 Å². The Balaban J connectivity index is 1.56. The van der Waals surface area contributed by atoms with Gasteiger partial charge in [0.15, 0.2) is 0 Å². The molecule has 1 heterocycles. The number of ether oxygens (including phenoxy) is 1. The first-order valence-corrected chi connectivity index (χ1v) is 12.2. The molecule has 4 rings (SSSR count). The van der Waals surface area contributed by atoms with E-state index in [1.165, 1.54) is 0 Å². The Morgan fingerprint density at radius 1 is 0.943 bits per heavy atom. The van der Waals surface area contributed by atoms with Gasteiger partial charge in [0.05, 0.1) is 18.2 Å². The van der Waals surface area contributed by atoms with Crippen molar-refractivity contribution in [2.75, 3.05) is 11.9 Å². The number of fused-ring (bicyclic) bond motifs is 1. The Hall–Kier alpha value is -3.86. The highest BCUT2D eigenvalue weighted by atomic mass is 16.5. The molecule has 35 heavy (non-hydrogen) atoms. The molecule has 1 aromatic heterocycles. The van der Waals surface area contributed by atoms with Gasteiger partial charge in [-0.25, -0.2) is 9.78 Å². The van der Waals surface area contributed by atoms with Gasteiger partial charge in [0.1, 0.15) is 11.3 Å². The van der Waals surface area contributed by atoms with E-state index in [1.54, 1.807) is 12.1 Å². The van der Waals surface area contributed by atoms with Gasteiger partial charge >= 0.3 is 5.97 Å². The summed E-state index contributed by atoms with van der Waals surface area (Å²) in [4.78, 5) is 16.9. The van der Waals surface area contributed by atoms with Crippen LogP contribution in [0.5, 0.6) is 5.75 Å². The molecule has 0 radical (unpaired) electrons. The number of esters is 1. The summed E-state index contributed by atoms with van der Waals surface area (Å²) in [7, 11) is 0. The van der Waals surface area contributed by atoms with E-state index in [9.17, 15) is 9.90 Å². The summed E-state index contributed by atoms with van der Waals surface area (Å²) in [5.41, 5.74) is 4.53. The highest BCUT2D eigenvalue weighted by Gasteiger charge is 2.20. The van der Waals surface area contributed by atoms with E-state index in [0.717, 1.165) is 53.6 Å². The van der Waals surface area contributed by atoms with Crippen LogP contribution in [0.2, 0.25) is 0 Å². The fourth-order valence-electron chi connectivity index (χ4n) is 4.15. The number of phenolic OH excluding ortho intramolecular Hbond substituents is 1. The van der Waals surface area contributed by atoms with Crippen LogP contribution < -0.4 is 5.32 Å². The third-order valence-electron chi connectivity index (χ3n) is 6.11. The monoisotopic (exact) mass is 468 g/mol. The van der Waals surface area contributed by atoms with Crippen LogP contribution >= 0.6 is 0 Å². The fourth-order valence-corrected chi connectivity index (χ4v) is 4.15. The molecule has 0 saturated carbocycles. The average molecular weight is 469 g/mol. The first-order valence-electron chi connectivity index (χ1n) is 12.2. The summed E-state index contributed by atoms with van der Waals surface area (Å²) >= 11 is 0. The summed E-state index contributed by atoms with van der Waals surface area (Å²) in [5, 5.41) is 15.6. The summed E-state index contributed by atoms with van der Waals surface area (Å²) in [6.07, 6.45) is 4.27. The second kappa shape index (κ2) is 11.5. The zero-order valence-electron chi connectivity index (χ0n) is 20.3. The highest BCUT2D eigenvalue weighted by Crippen LogP contribution is 2.36. The molecule has 0 saturated heterocycles. The smallest absolute Gasteiger partial charge is 0.338 e. The topological polar surface area (TPSA) is 71.5 Å². The summed E-state index contributed by atoms with van der Waals surface area (Å²) in [6, 6.07) is 24.7. The van der Waals surface area contributed by atoms with Gasteiger partial charge in [-0.15, -0.1) is 0 Å². The van der Waals surface area contributed by atoms with Gasteiger partial charge in [-0.3, -0.25) is 0 Å². The maximum Gasteiger partial charge on any atom is 0.338 e. The molecule has 0 fully saturated rings. The first-order chi connectivity index (χ1) is 17.1. The quantitative estimate of drug-likeness (QED) is 0.190. The molecule has 1 unspecified atom stereocenters. The molecule has 0 amide bonds. The number of carbonyl (C=O) groups is 1. The summed E-state index contributed by atoms with van der Waals surface area (Å²) in [6.45, 7) is 4.52. The van der Waals surface area contributed by atoms with Gasteiger partial charge in [-0.1, -0.05) is 74.7 Å². The average Bonchev–Trinajstić information content (AvgIpc) is 2.89. The molecule has 3 aromatic carbocycles. The Morgan fingerprint density at radius 2 is 1.69 bits per heavy atom. The first kappa shape index (κ1) is 24.3. The summed E-state index contributed by atoms with van der Waals surface area (Å²) < 4.78 is 5.40. The van der Waals surface area contributed by atoms with Crippen LogP contribution in [0.15, 0.2) is 78.9 Å². The van der Waals surface area contributed by atoms with Gasteiger partial charge in [0.2, 0.25) is 0 Å². The van der Waals surface area contributed by atoms with Gasteiger partial charge < -0.3 is 15.2 Å². The van der Waals surface area contributed by atoms with Crippen molar-refractivity contribution in [3.05, 3.63) is 101 Å². The van der Waals surface area contributed by atoms with Crippen molar-refractivity contribution in [2.45, 2.75) is 45.6 Å². The number of aryl methyl sites for hydroxylation is 1. The predicted molar refractivity (Wildman–Crippen MR) is 141 cm³/mol. The van der Waals surface area contributed by atoms with Crippen LogP contribution in [0.3, 0.4) is 0 Å². The lowest BCUT2D eigenvalue weighted by Gasteiger charge is -2.23. The number of nitrogens with zero attached hydrogens (tertiary/aromatic N) is 1. The van der Waals surface area contributed by atoms with Gasteiger partial charge in [0.25, 0.3) is 0 Å². The SMILES string of the molecule is CCCCCCOC(=O)c1ccc(NC(c2ccccc2)c2ccc3ccc(C)nc3c2O)cc1. The van der Waals surface area contributed by atoms with Gasteiger partial charge in [-0.05, 0) is 49.2 Å². The van der Waals surface area contributed by atoms with Crippen molar-refractivity contribution in [3.63, 3.8) is 0 Å². The molecule has 180 valence electrons. The van der Waals surface area contributed by atoms with E-state index in [1.807, 2.05) is 73.7 Å². The van der Waals surface area contributed by atoms with E-state index in [-0.39, 0.29) is 17.8 Å². The van der Waals surface area contributed by atoms with Crippen molar-refractivity contribution < 1.29 is 14.6 Å². The van der Waals surface area contributed by atoms with Crippen molar-refractivity contribution >= 4 is 22.6 Å². The second-order valence-electron chi connectivity index (χ2n) is 8.79. The van der Waals surface area contributed by atoms with Gasteiger partial charge in [-0.2, -0.15) is 0 Å². The lowest BCUT2D eigenvalue weighted by atomic mass is 9.96. The van der Waals surface area contributed by atoms with Crippen molar-refractivity contribution in [1.29, 1.82) is 0 Å². The number of hydrogen-bond acceptors (Lipinski definition) is 5. The Labute approximate surface area is 206 Å². The third-order valence-corrected chi connectivity index (χ3v) is 6.11. The van der Waals surface area contributed by atoms with E-state index < -0.39 is 0 Å². The molecular weight excluding hydrogens is 436 g/mol. The van der Waals surface area contributed by atoms with Crippen molar-refractivity contribution in [1.82, 2.24) is 4.98 Å². The zero-order chi connectivity index (χ0) is 24.6. The van der Waals surface area contributed by atoms with Crippen molar-refractivity contribution in [3.8, 4) is 5.75 Å². The van der Waals surface area contributed by atoms with Crippen LogP contribution in [-0.2, 0) is 4.74 Å². The molecule has 0 aliphatic carbocycles. The maximum atomic E-state index is 12.4. The van der Waals surface area contributed by atoms with Crippen LogP contribution in [-0.4, -0.2) is 22.7 Å². The van der Waals surface area contributed by atoms with E-state index in [4.69, 9.17) is 4.74 Å². The van der Waals surface area contributed by atoms with E-state index >= 15 is 0 Å². The Morgan fingerprint density at radius 3 is 2.43 bits per heavy atom. The van der Waals surface area contributed by atoms with Crippen LogP contribution in [0.25, 0.3) is 10.9 Å². The van der Waals surface area contributed by atoms with Crippen LogP contribution in [0, 0.1) is 6.92 Å². The third kappa shape index (κ3) is 5.99. The number of pyridine rings is 1. The lowest BCUT2D eigenvalue weighted by Crippen LogP contribution is -2.13. The molecule has 5 heteroatoms. The van der Waals surface area contributed by atoms with Crippen LogP contribution in [0.1, 0.15) is 65.8 Å². The molecule has 0 spiro atoms. The number of aromatic nitrogens is 1. The highest BCUT2D eigenvalue weighted by molar-refractivity contribution is 5.90. The number of phenols is 1. The molecule has 0 bridgehead atoms. The Bertz CT molecular complexity index is 1270. The molecular formula is C30H32N2O3. The molecule has 0 aliphatic rings. The minimum atomic E-state index is -0.306. The van der Waals surface area contributed by atoms with Gasteiger partial charge in [0, 0.05) is 22.3 Å². The number of anilines is 1. The minimum Gasteiger partial charge on any atom is -0.505 e. The number of aromatic hydroxyl groups is 1. The minimum absolute atomic E-state index is 0.163. The number of nitrogens with one attached hydrogen (secondary N) is 1. The second-order valence-corrected chi connectivity index (χ2v) is 8.79. The van der Waals surface area contributed by atoms with Crippen molar-refractivity contribution in [2.24, 2.45) is 0 Å². The van der Waals surface area contributed by atoms with E-state index in [0.29, 0.717) is 17.7 Å². The maximum absolute atomic E-state index is 12.4. The predicted octanol–water partition coefficient (Wildman–Crippen LogP) is 7.19. The summed E-state index contributed by atoms with van der Waals surface area (Å²) in [5.74, 6) is -0.142.